The zero-order chi connectivity index (χ0) is 26.1. The molecule has 0 fully saturated rings. The SMILES string of the molecule is COc1cccc(-c2noc(C3=C(C)N(c4cc(C)cc(C)c4)C(=O)NC3c3cccc(OC)c3)n2)c1. The van der Waals surface area contributed by atoms with Crippen molar-refractivity contribution < 1.29 is 18.8 Å². The Morgan fingerprint density at radius 1 is 0.892 bits per heavy atom. The van der Waals surface area contributed by atoms with Crippen LogP contribution >= 0.6 is 0 Å². The second-order valence-corrected chi connectivity index (χ2v) is 8.99. The molecule has 0 bridgehead atoms. The number of aryl methyl sites for hydroxylation is 2. The number of benzene rings is 3. The zero-order valence-corrected chi connectivity index (χ0v) is 21.4. The van der Waals surface area contributed by atoms with Crippen LogP contribution in [-0.2, 0) is 0 Å². The maximum atomic E-state index is 13.5. The normalized spacial score (nSPS) is 15.5. The van der Waals surface area contributed by atoms with E-state index in [-0.39, 0.29) is 6.03 Å². The topological polar surface area (TPSA) is 89.7 Å². The number of nitrogens with one attached hydrogen (secondary N) is 1. The molecule has 3 aromatic carbocycles. The van der Waals surface area contributed by atoms with Crippen molar-refractivity contribution in [3.8, 4) is 22.9 Å². The van der Waals surface area contributed by atoms with Crippen molar-refractivity contribution in [2.75, 3.05) is 19.1 Å². The molecule has 0 spiro atoms. The van der Waals surface area contributed by atoms with Crippen molar-refractivity contribution in [1.82, 2.24) is 15.5 Å². The number of carbonyl (C=O) groups excluding carboxylic acids is 1. The molecule has 8 nitrogen and oxygen atoms in total. The molecule has 1 aromatic heterocycles. The summed E-state index contributed by atoms with van der Waals surface area (Å²) in [5.41, 5.74) is 5.88. The van der Waals surface area contributed by atoms with E-state index in [0.29, 0.717) is 34.5 Å². The van der Waals surface area contributed by atoms with Crippen LogP contribution in [0.2, 0.25) is 0 Å². The van der Waals surface area contributed by atoms with Crippen LogP contribution in [0, 0.1) is 13.8 Å². The van der Waals surface area contributed by atoms with Crippen LogP contribution in [0.5, 0.6) is 11.5 Å². The molecule has 0 saturated carbocycles. The van der Waals surface area contributed by atoms with Gasteiger partial charge < -0.3 is 19.3 Å². The molecule has 1 unspecified atom stereocenters. The molecule has 1 aliphatic heterocycles. The fourth-order valence-electron chi connectivity index (χ4n) is 4.69. The lowest BCUT2D eigenvalue weighted by Gasteiger charge is -2.35. The molecule has 0 saturated heterocycles. The maximum absolute atomic E-state index is 13.5. The fraction of sp³-hybridized carbons (Fsp3) is 0.207. The highest BCUT2D eigenvalue weighted by molar-refractivity contribution is 6.01. The van der Waals surface area contributed by atoms with Crippen LogP contribution in [0.1, 0.15) is 35.5 Å². The number of aromatic nitrogens is 2. The van der Waals surface area contributed by atoms with Crippen LogP contribution in [0.3, 0.4) is 0 Å². The molecule has 5 rings (SSSR count). The van der Waals surface area contributed by atoms with Gasteiger partial charge in [-0.1, -0.05) is 35.5 Å². The van der Waals surface area contributed by atoms with Gasteiger partial charge >= 0.3 is 6.03 Å². The highest BCUT2D eigenvalue weighted by atomic mass is 16.5. The maximum Gasteiger partial charge on any atom is 0.326 e. The van der Waals surface area contributed by atoms with E-state index in [0.717, 1.165) is 27.9 Å². The van der Waals surface area contributed by atoms with Gasteiger partial charge in [0, 0.05) is 11.3 Å². The number of hydrogen-bond donors (Lipinski definition) is 1. The highest BCUT2D eigenvalue weighted by Gasteiger charge is 2.36. The van der Waals surface area contributed by atoms with E-state index in [1.54, 1.807) is 19.1 Å². The van der Waals surface area contributed by atoms with Crippen molar-refractivity contribution in [2.45, 2.75) is 26.8 Å². The second kappa shape index (κ2) is 9.81. The van der Waals surface area contributed by atoms with Crippen molar-refractivity contribution in [3.05, 3.63) is 95.0 Å². The number of methoxy groups -OCH3 is 2. The van der Waals surface area contributed by atoms with E-state index in [4.69, 9.17) is 19.0 Å². The minimum absolute atomic E-state index is 0.244. The molecule has 1 N–H and O–H groups in total. The molecule has 0 aliphatic carbocycles. The average molecular weight is 497 g/mol. The quantitative estimate of drug-likeness (QED) is 0.348. The van der Waals surface area contributed by atoms with Gasteiger partial charge in [-0.25, -0.2) is 4.79 Å². The zero-order valence-electron chi connectivity index (χ0n) is 21.4. The van der Waals surface area contributed by atoms with Crippen LogP contribution in [0.4, 0.5) is 10.5 Å². The van der Waals surface area contributed by atoms with Crippen LogP contribution < -0.4 is 19.7 Å². The molecule has 1 aliphatic rings. The Kier molecular flexibility index (Phi) is 6.40. The number of hydrogen-bond acceptors (Lipinski definition) is 6. The first-order valence-electron chi connectivity index (χ1n) is 11.9. The third-order valence-electron chi connectivity index (χ3n) is 6.36. The molecular formula is C29H28N4O4. The van der Waals surface area contributed by atoms with Gasteiger partial charge in [0.1, 0.15) is 11.5 Å². The van der Waals surface area contributed by atoms with Crippen molar-refractivity contribution in [2.24, 2.45) is 0 Å². The number of amides is 2. The largest absolute Gasteiger partial charge is 0.497 e. The Balaban J connectivity index is 1.67. The van der Waals surface area contributed by atoms with E-state index >= 15 is 0 Å². The molecule has 4 aromatic rings. The standard InChI is InChI=1S/C29H28N4O4/c1-17-12-18(2)14-22(13-17)33-19(3)25(26(30-29(33)34)20-8-6-10-23(15-20)35-4)28-31-27(32-37-28)21-9-7-11-24(16-21)36-5/h6-16,26H,1-5H3,(H,30,34). The van der Waals surface area contributed by atoms with E-state index in [2.05, 4.69) is 16.5 Å². The van der Waals surface area contributed by atoms with Gasteiger partial charge in [0.05, 0.1) is 31.5 Å². The number of urea groups is 1. The van der Waals surface area contributed by atoms with Crippen molar-refractivity contribution in [3.63, 3.8) is 0 Å². The van der Waals surface area contributed by atoms with Gasteiger partial charge in [0.15, 0.2) is 0 Å². The van der Waals surface area contributed by atoms with Crippen LogP contribution in [-0.4, -0.2) is 30.4 Å². The monoisotopic (exact) mass is 496 g/mol. The van der Waals surface area contributed by atoms with E-state index in [1.807, 2.05) is 81.4 Å². The van der Waals surface area contributed by atoms with E-state index in [9.17, 15) is 4.79 Å². The van der Waals surface area contributed by atoms with Gasteiger partial charge in [0.2, 0.25) is 5.82 Å². The summed E-state index contributed by atoms with van der Waals surface area (Å²) in [6, 6.07) is 20.3. The summed E-state index contributed by atoms with van der Waals surface area (Å²) in [7, 11) is 3.22. The van der Waals surface area contributed by atoms with Crippen molar-refractivity contribution in [1.29, 1.82) is 0 Å². The Morgan fingerprint density at radius 3 is 2.27 bits per heavy atom. The molecule has 2 heterocycles. The molecular weight excluding hydrogens is 468 g/mol. The Hall–Kier alpha value is -4.59. The van der Waals surface area contributed by atoms with E-state index < -0.39 is 6.04 Å². The van der Waals surface area contributed by atoms with Gasteiger partial charge in [-0.05, 0) is 73.9 Å². The molecule has 188 valence electrons. The second-order valence-electron chi connectivity index (χ2n) is 8.99. The Labute approximate surface area is 215 Å². The first-order chi connectivity index (χ1) is 17.9. The number of nitrogens with zero attached hydrogens (tertiary/aromatic N) is 3. The summed E-state index contributed by atoms with van der Waals surface area (Å²) in [4.78, 5) is 19.9. The predicted octanol–water partition coefficient (Wildman–Crippen LogP) is 6.07. The van der Waals surface area contributed by atoms with Crippen LogP contribution in [0.15, 0.2) is 77.0 Å². The van der Waals surface area contributed by atoms with Gasteiger partial charge in [0.25, 0.3) is 5.89 Å². The summed E-state index contributed by atoms with van der Waals surface area (Å²) in [6.45, 7) is 5.92. The minimum Gasteiger partial charge on any atom is -0.497 e. The number of allylic oxidation sites excluding steroid dienone is 1. The average Bonchev–Trinajstić information content (AvgIpc) is 3.37. The lowest BCUT2D eigenvalue weighted by molar-refractivity contribution is 0.244. The van der Waals surface area contributed by atoms with Gasteiger partial charge in [-0.2, -0.15) is 4.98 Å². The minimum atomic E-state index is -0.525. The smallest absolute Gasteiger partial charge is 0.326 e. The Morgan fingerprint density at radius 2 is 1.57 bits per heavy atom. The number of rotatable bonds is 6. The Bertz CT molecular complexity index is 1490. The number of ether oxygens (including phenoxy) is 2. The van der Waals surface area contributed by atoms with Crippen LogP contribution in [0.25, 0.3) is 17.0 Å². The lowest BCUT2D eigenvalue weighted by Crippen LogP contribution is -2.46. The van der Waals surface area contributed by atoms with Crippen molar-refractivity contribution >= 4 is 17.3 Å². The summed E-state index contributed by atoms with van der Waals surface area (Å²) >= 11 is 0. The summed E-state index contributed by atoms with van der Waals surface area (Å²) < 4.78 is 16.6. The van der Waals surface area contributed by atoms with Gasteiger partial charge in [-0.15, -0.1) is 0 Å². The highest BCUT2D eigenvalue weighted by Crippen LogP contribution is 2.40. The first-order valence-corrected chi connectivity index (χ1v) is 11.9. The summed E-state index contributed by atoms with van der Waals surface area (Å²) in [6.07, 6.45) is 0. The summed E-state index contributed by atoms with van der Waals surface area (Å²) in [5, 5.41) is 7.39. The molecule has 0 radical (unpaired) electrons. The fourth-order valence-corrected chi connectivity index (χ4v) is 4.69. The molecule has 1 atom stereocenters. The van der Waals surface area contributed by atoms with E-state index in [1.165, 1.54) is 0 Å². The number of carbonyl (C=O) groups is 1. The molecule has 2 amide bonds. The summed E-state index contributed by atoms with van der Waals surface area (Å²) in [5.74, 6) is 2.12. The molecule has 37 heavy (non-hydrogen) atoms. The first kappa shape index (κ1) is 24.1. The third-order valence-corrected chi connectivity index (χ3v) is 6.36. The van der Waals surface area contributed by atoms with Gasteiger partial charge in [-0.3, -0.25) is 4.90 Å². The predicted molar refractivity (Wildman–Crippen MR) is 142 cm³/mol. The lowest BCUT2D eigenvalue weighted by atomic mass is 9.94. The molecule has 8 heteroatoms. The number of anilines is 1. The third kappa shape index (κ3) is 4.65.